The summed E-state index contributed by atoms with van der Waals surface area (Å²) in [6.07, 6.45) is -4.87. The Balaban J connectivity index is 0.00000338. The van der Waals surface area contributed by atoms with Crippen molar-refractivity contribution in [3.8, 4) is 11.1 Å². The van der Waals surface area contributed by atoms with Crippen LogP contribution in [-0.2, 0) is 15.7 Å². The Bertz CT molecular complexity index is 774. The smallest absolute Gasteiger partial charge is 0.433 e. The van der Waals surface area contributed by atoms with Gasteiger partial charge in [0.05, 0.1) is 25.3 Å². The summed E-state index contributed by atoms with van der Waals surface area (Å²) in [5.41, 5.74) is 7.58. The van der Waals surface area contributed by atoms with Crippen LogP contribution >= 0.6 is 12.4 Å². The minimum absolute atomic E-state index is 0. The molecule has 2 aromatic rings. The average molecular weight is 389 g/mol. The normalized spacial score (nSPS) is 12.3. The molecule has 4 nitrogen and oxygen atoms in total. The molecule has 2 N–H and O–H groups in total. The van der Waals surface area contributed by atoms with Gasteiger partial charge < -0.3 is 10.5 Å². The van der Waals surface area contributed by atoms with Gasteiger partial charge in [-0.25, -0.2) is 4.98 Å². The third kappa shape index (κ3) is 4.95. The molecule has 0 fully saturated rings. The molecule has 1 aromatic heterocycles. The first-order chi connectivity index (χ1) is 11.6. The Hall–Kier alpha value is -2.12. The molecule has 0 aliphatic carbocycles. The molecule has 1 heterocycles. The average Bonchev–Trinajstić information content (AvgIpc) is 2.53. The van der Waals surface area contributed by atoms with Gasteiger partial charge in [0.15, 0.2) is 0 Å². The monoisotopic (exact) mass is 388 g/mol. The number of aryl methyl sites for hydroxylation is 2. The molecule has 0 bridgehead atoms. The van der Waals surface area contributed by atoms with E-state index in [9.17, 15) is 18.0 Å². The second-order valence-electron chi connectivity index (χ2n) is 5.82. The first-order valence-electron chi connectivity index (χ1n) is 7.61. The second kappa shape index (κ2) is 8.51. The minimum Gasteiger partial charge on any atom is -0.469 e. The van der Waals surface area contributed by atoms with Crippen LogP contribution < -0.4 is 5.73 Å². The molecule has 0 saturated heterocycles. The van der Waals surface area contributed by atoms with Crippen LogP contribution in [0.3, 0.4) is 0 Å². The highest BCUT2D eigenvalue weighted by Crippen LogP contribution is 2.35. The van der Waals surface area contributed by atoms with Crippen molar-refractivity contribution in [2.45, 2.75) is 32.5 Å². The maximum absolute atomic E-state index is 13.3. The predicted molar refractivity (Wildman–Crippen MR) is 95.0 cm³/mol. The van der Waals surface area contributed by atoms with Gasteiger partial charge in [-0.05, 0) is 48.2 Å². The number of ether oxygens (including phenoxy) is 1. The number of halogens is 4. The molecule has 8 heteroatoms. The summed E-state index contributed by atoms with van der Waals surface area (Å²) >= 11 is 0. The predicted octanol–water partition coefficient (Wildman–Crippen LogP) is 4.37. The molecule has 1 atom stereocenters. The number of carbonyl (C=O) groups is 1. The van der Waals surface area contributed by atoms with Crippen LogP contribution in [0.15, 0.2) is 30.3 Å². The lowest BCUT2D eigenvalue weighted by Crippen LogP contribution is -2.20. The molecule has 0 amide bonds. The molecule has 0 spiro atoms. The maximum Gasteiger partial charge on any atom is 0.433 e. The summed E-state index contributed by atoms with van der Waals surface area (Å²) in [7, 11) is 1.19. The number of benzene rings is 1. The lowest BCUT2D eigenvalue weighted by molar-refractivity contribution is -0.141. The lowest BCUT2D eigenvalue weighted by atomic mass is 9.94. The fourth-order valence-electron chi connectivity index (χ4n) is 2.67. The number of rotatable bonds is 4. The summed E-state index contributed by atoms with van der Waals surface area (Å²) in [6.45, 7) is 3.65. The van der Waals surface area contributed by atoms with Gasteiger partial charge in [-0.3, -0.25) is 4.79 Å². The SMILES string of the molecule is COC(=O)C[C@H](N)c1cc(-c2c(C)cccc2C)cc(C(F)(F)F)n1.Cl. The standard InChI is InChI=1S/C18H19F3N2O2.ClH/c1-10-5-4-6-11(2)17(10)12-7-14(13(22)9-16(24)25-3)23-15(8-12)18(19,20)21;/h4-8,13H,9,22H2,1-3H3;1H/t13-;/m0./s1. The molecule has 2 rings (SSSR count). The van der Waals surface area contributed by atoms with E-state index in [-0.39, 0.29) is 24.5 Å². The Kier molecular flexibility index (Phi) is 7.17. The van der Waals surface area contributed by atoms with Crippen LogP contribution in [0.1, 0.15) is 35.0 Å². The highest BCUT2D eigenvalue weighted by atomic mass is 35.5. The van der Waals surface area contributed by atoms with Crippen molar-refractivity contribution in [2.75, 3.05) is 7.11 Å². The van der Waals surface area contributed by atoms with Crippen LogP contribution in [0.4, 0.5) is 13.2 Å². The van der Waals surface area contributed by atoms with Crippen LogP contribution in [0, 0.1) is 13.8 Å². The van der Waals surface area contributed by atoms with Gasteiger partial charge >= 0.3 is 12.1 Å². The summed E-state index contributed by atoms with van der Waals surface area (Å²) in [5.74, 6) is -0.611. The number of nitrogens with two attached hydrogens (primary N) is 1. The number of carbonyl (C=O) groups excluding carboxylic acids is 1. The molecule has 0 saturated carbocycles. The molecule has 0 aliphatic heterocycles. The molecular weight excluding hydrogens is 369 g/mol. The van der Waals surface area contributed by atoms with E-state index < -0.39 is 23.9 Å². The zero-order valence-corrected chi connectivity index (χ0v) is 15.4. The van der Waals surface area contributed by atoms with Crippen molar-refractivity contribution in [1.29, 1.82) is 0 Å². The maximum atomic E-state index is 13.3. The van der Waals surface area contributed by atoms with Crippen molar-refractivity contribution in [3.63, 3.8) is 0 Å². The van der Waals surface area contributed by atoms with E-state index in [0.717, 1.165) is 17.2 Å². The third-order valence-corrected chi connectivity index (χ3v) is 3.90. The zero-order chi connectivity index (χ0) is 18.8. The van der Waals surface area contributed by atoms with E-state index in [0.29, 0.717) is 11.1 Å². The minimum atomic E-state index is -4.62. The summed E-state index contributed by atoms with van der Waals surface area (Å²) in [6, 6.07) is 7.00. The van der Waals surface area contributed by atoms with E-state index in [4.69, 9.17) is 5.73 Å². The van der Waals surface area contributed by atoms with Gasteiger partial charge in [-0.2, -0.15) is 13.2 Å². The van der Waals surface area contributed by atoms with Crippen molar-refractivity contribution in [1.82, 2.24) is 4.98 Å². The van der Waals surface area contributed by atoms with Crippen LogP contribution in [0.5, 0.6) is 0 Å². The topological polar surface area (TPSA) is 65.2 Å². The molecule has 26 heavy (non-hydrogen) atoms. The molecular formula is C18H20ClF3N2O2. The van der Waals surface area contributed by atoms with E-state index >= 15 is 0 Å². The number of alkyl halides is 3. The van der Waals surface area contributed by atoms with Gasteiger partial charge in [-0.15, -0.1) is 12.4 Å². The summed E-state index contributed by atoms with van der Waals surface area (Å²) < 4.78 is 44.3. The fraction of sp³-hybridized carbons (Fsp3) is 0.333. The Morgan fingerprint density at radius 2 is 1.81 bits per heavy atom. The number of hydrogen-bond acceptors (Lipinski definition) is 4. The molecule has 0 unspecified atom stereocenters. The van der Waals surface area contributed by atoms with E-state index in [1.165, 1.54) is 13.2 Å². The van der Waals surface area contributed by atoms with Gasteiger partial charge in [0.25, 0.3) is 0 Å². The van der Waals surface area contributed by atoms with E-state index in [2.05, 4.69) is 9.72 Å². The zero-order valence-electron chi connectivity index (χ0n) is 14.6. The number of aromatic nitrogens is 1. The van der Waals surface area contributed by atoms with Crippen LogP contribution in [0.25, 0.3) is 11.1 Å². The molecule has 142 valence electrons. The number of hydrogen-bond donors (Lipinski definition) is 1. The fourth-order valence-corrected chi connectivity index (χ4v) is 2.67. The largest absolute Gasteiger partial charge is 0.469 e. The highest BCUT2D eigenvalue weighted by molar-refractivity contribution is 5.85. The quantitative estimate of drug-likeness (QED) is 0.790. The highest BCUT2D eigenvalue weighted by Gasteiger charge is 2.34. The van der Waals surface area contributed by atoms with Gasteiger partial charge in [0, 0.05) is 0 Å². The van der Waals surface area contributed by atoms with Crippen molar-refractivity contribution in [3.05, 3.63) is 52.8 Å². The van der Waals surface area contributed by atoms with Gasteiger partial charge in [0.1, 0.15) is 5.69 Å². The van der Waals surface area contributed by atoms with E-state index in [1.54, 1.807) is 0 Å². The Labute approximate surface area is 156 Å². The first-order valence-corrected chi connectivity index (χ1v) is 7.61. The molecule has 0 aliphatic rings. The van der Waals surface area contributed by atoms with Crippen LogP contribution in [0.2, 0.25) is 0 Å². The van der Waals surface area contributed by atoms with E-state index in [1.807, 2.05) is 32.0 Å². The van der Waals surface area contributed by atoms with Crippen LogP contribution in [-0.4, -0.2) is 18.1 Å². The summed E-state index contributed by atoms with van der Waals surface area (Å²) in [4.78, 5) is 15.0. The number of pyridine rings is 1. The van der Waals surface area contributed by atoms with Crippen molar-refractivity contribution < 1.29 is 22.7 Å². The summed E-state index contributed by atoms with van der Waals surface area (Å²) in [5, 5.41) is 0. The Morgan fingerprint density at radius 1 is 1.23 bits per heavy atom. The first kappa shape index (κ1) is 21.9. The lowest BCUT2D eigenvalue weighted by Gasteiger charge is -2.17. The number of methoxy groups -OCH3 is 1. The second-order valence-corrected chi connectivity index (χ2v) is 5.82. The van der Waals surface area contributed by atoms with Gasteiger partial charge in [0.2, 0.25) is 0 Å². The third-order valence-electron chi connectivity index (χ3n) is 3.90. The number of esters is 1. The Morgan fingerprint density at radius 3 is 2.31 bits per heavy atom. The number of nitrogens with zero attached hydrogens (tertiary/aromatic N) is 1. The molecule has 0 radical (unpaired) electrons. The van der Waals surface area contributed by atoms with Crippen molar-refractivity contribution in [2.24, 2.45) is 5.73 Å². The van der Waals surface area contributed by atoms with Gasteiger partial charge in [-0.1, -0.05) is 18.2 Å². The molecule has 1 aromatic carbocycles. The van der Waals surface area contributed by atoms with Crippen molar-refractivity contribution >= 4 is 18.4 Å².